The first kappa shape index (κ1) is 11.8. The summed E-state index contributed by atoms with van der Waals surface area (Å²) in [4.78, 5) is 12.7. The summed E-state index contributed by atoms with van der Waals surface area (Å²) in [5.41, 5.74) is 6.75. The van der Waals surface area contributed by atoms with E-state index in [4.69, 9.17) is 5.73 Å². The van der Waals surface area contributed by atoms with Crippen molar-refractivity contribution >= 4 is 23.0 Å². The van der Waals surface area contributed by atoms with Crippen LogP contribution >= 0.6 is 11.3 Å². The predicted octanol–water partition coefficient (Wildman–Crippen LogP) is 1.79. The number of hydrogen-bond acceptors (Lipinski definition) is 6. The Morgan fingerprint density at radius 2 is 2.12 bits per heavy atom. The van der Waals surface area contributed by atoms with E-state index in [1.54, 1.807) is 17.4 Å². The number of anilines is 2. The van der Waals surface area contributed by atoms with Crippen LogP contribution in [0.4, 0.5) is 11.6 Å². The molecule has 0 unspecified atom stereocenters. The molecule has 0 aliphatic carbocycles. The summed E-state index contributed by atoms with van der Waals surface area (Å²) in [5, 5.41) is 6.40. The van der Waals surface area contributed by atoms with Crippen LogP contribution in [0.25, 0.3) is 0 Å². The fraction of sp³-hybridized carbons (Fsp3) is 0.364. The molecule has 0 bridgehead atoms. The molecule has 3 N–H and O–H groups in total. The third kappa shape index (κ3) is 3.39. The smallest absolute Gasteiger partial charge is 0.131 e. The lowest BCUT2D eigenvalue weighted by Gasteiger charge is -2.05. The van der Waals surface area contributed by atoms with Crippen LogP contribution in [0.1, 0.15) is 16.5 Å². The van der Waals surface area contributed by atoms with Crippen LogP contribution in [0.15, 0.2) is 11.4 Å². The summed E-state index contributed by atoms with van der Waals surface area (Å²) >= 11 is 1.67. The molecule has 0 saturated heterocycles. The van der Waals surface area contributed by atoms with Gasteiger partial charge in [-0.05, 0) is 13.8 Å². The topological polar surface area (TPSA) is 76.7 Å². The van der Waals surface area contributed by atoms with Crippen molar-refractivity contribution in [3.63, 3.8) is 0 Å². The minimum atomic E-state index is 0.490. The van der Waals surface area contributed by atoms with Gasteiger partial charge in [0.1, 0.15) is 17.5 Å². The van der Waals surface area contributed by atoms with Crippen LogP contribution in [0.5, 0.6) is 0 Å². The zero-order valence-electron chi connectivity index (χ0n) is 9.90. The molecule has 0 fully saturated rings. The average molecular weight is 249 g/mol. The van der Waals surface area contributed by atoms with E-state index < -0.39 is 0 Å². The summed E-state index contributed by atoms with van der Waals surface area (Å²) in [6.07, 6.45) is 0.882. The van der Waals surface area contributed by atoms with E-state index in [1.807, 2.05) is 13.8 Å². The first-order valence-electron chi connectivity index (χ1n) is 5.39. The Morgan fingerprint density at radius 1 is 1.29 bits per heavy atom. The highest BCUT2D eigenvalue weighted by molar-refractivity contribution is 7.09. The van der Waals surface area contributed by atoms with Gasteiger partial charge in [0, 0.05) is 24.4 Å². The Morgan fingerprint density at radius 3 is 2.76 bits per heavy atom. The monoisotopic (exact) mass is 249 g/mol. The van der Waals surface area contributed by atoms with Crippen molar-refractivity contribution in [1.82, 2.24) is 15.0 Å². The lowest BCUT2D eigenvalue weighted by Crippen LogP contribution is -2.08. The Hall–Kier alpha value is -1.69. The van der Waals surface area contributed by atoms with Crippen molar-refractivity contribution in [2.24, 2.45) is 0 Å². The molecule has 0 amide bonds. The number of hydrogen-bond donors (Lipinski definition) is 2. The predicted molar refractivity (Wildman–Crippen MR) is 70.2 cm³/mol. The van der Waals surface area contributed by atoms with Crippen LogP contribution in [-0.4, -0.2) is 21.5 Å². The second-order valence-corrected chi connectivity index (χ2v) is 4.82. The van der Waals surface area contributed by atoms with E-state index in [-0.39, 0.29) is 0 Å². The minimum Gasteiger partial charge on any atom is -0.384 e. The summed E-state index contributed by atoms with van der Waals surface area (Å²) in [6, 6.07) is 1.74. The fourth-order valence-electron chi connectivity index (χ4n) is 1.52. The molecule has 2 heterocycles. The molecule has 0 atom stereocenters. The number of nitrogens with two attached hydrogens (primary N) is 1. The molecule has 0 saturated carbocycles. The Labute approximate surface area is 104 Å². The zero-order chi connectivity index (χ0) is 12.3. The molecule has 0 aliphatic heterocycles. The fourth-order valence-corrected chi connectivity index (χ4v) is 2.17. The van der Waals surface area contributed by atoms with Gasteiger partial charge in [-0.2, -0.15) is 0 Å². The van der Waals surface area contributed by atoms with Crippen LogP contribution in [0, 0.1) is 13.8 Å². The van der Waals surface area contributed by atoms with Crippen molar-refractivity contribution in [3.05, 3.63) is 28.0 Å². The number of nitrogens with one attached hydrogen (secondary N) is 1. The van der Waals surface area contributed by atoms with Crippen molar-refractivity contribution in [2.45, 2.75) is 20.3 Å². The van der Waals surface area contributed by atoms with E-state index in [0.29, 0.717) is 11.6 Å². The van der Waals surface area contributed by atoms with Crippen LogP contribution in [-0.2, 0) is 6.42 Å². The average Bonchev–Trinajstić information content (AvgIpc) is 2.63. The number of aryl methyl sites for hydroxylation is 2. The van der Waals surface area contributed by atoms with Gasteiger partial charge in [0.2, 0.25) is 0 Å². The minimum absolute atomic E-state index is 0.490. The van der Waals surface area contributed by atoms with E-state index in [1.165, 1.54) is 0 Å². The highest BCUT2D eigenvalue weighted by Crippen LogP contribution is 2.10. The van der Waals surface area contributed by atoms with Gasteiger partial charge in [0.05, 0.1) is 10.7 Å². The van der Waals surface area contributed by atoms with E-state index in [9.17, 15) is 0 Å². The highest BCUT2D eigenvalue weighted by atomic mass is 32.1. The first-order valence-corrected chi connectivity index (χ1v) is 6.27. The lowest BCUT2D eigenvalue weighted by atomic mass is 10.3. The maximum absolute atomic E-state index is 5.64. The largest absolute Gasteiger partial charge is 0.384 e. The molecule has 90 valence electrons. The molecular weight excluding hydrogens is 234 g/mol. The summed E-state index contributed by atoms with van der Waals surface area (Å²) in [7, 11) is 0. The molecule has 0 spiro atoms. The third-order valence-electron chi connectivity index (χ3n) is 2.21. The van der Waals surface area contributed by atoms with Gasteiger partial charge in [0.25, 0.3) is 0 Å². The highest BCUT2D eigenvalue weighted by Gasteiger charge is 2.00. The van der Waals surface area contributed by atoms with Crippen LogP contribution in [0.2, 0.25) is 0 Å². The number of nitrogens with zero attached hydrogens (tertiary/aromatic N) is 3. The van der Waals surface area contributed by atoms with Crippen LogP contribution < -0.4 is 11.1 Å². The molecule has 0 aliphatic rings. The van der Waals surface area contributed by atoms with Crippen LogP contribution in [0.3, 0.4) is 0 Å². The van der Waals surface area contributed by atoms with E-state index in [0.717, 1.165) is 29.5 Å². The normalized spacial score (nSPS) is 10.5. The maximum atomic E-state index is 5.64. The number of thiazole rings is 1. The second-order valence-electron chi connectivity index (χ2n) is 3.76. The van der Waals surface area contributed by atoms with Gasteiger partial charge in [-0.15, -0.1) is 11.3 Å². The van der Waals surface area contributed by atoms with Crippen molar-refractivity contribution in [2.75, 3.05) is 17.6 Å². The lowest BCUT2D eigenvalue weighted by molar-refractivity contribution is 0.950. The van der Waals surface area contributed by atoms with Gasteiger partial charge >= 0.3 is 0 Å². The van der Waals surface area contributed by atoms with Gasteiger partial charge in [0.15, 0.2) is 0 Å². The molecule has 6 heteroatoms. The van der Waals surface area contributed by atoms with Crippen molar-refractivity contribution in [1.29, 1.82) is 0 Å². The Kier molecular flexibility index (Phi) is 3.53. The number of aromatic nitrogens is 3. The third-order valence-corrected chi connectivity index (χ3v) is 3.03. The molecule has 0 radical (unpaired) electrons. The molecule has 2 aromatic rings. The zero-order valence-corrected chi connectivity index (χ0v) is 10.7. The molecule has 2 aromatic heterocycles. The maximum Gasteiger partial charge on any atom is 0.131 e. The van der Waals surface area contributed by atoms with Gasteiger partial charge in [-0.1, -0.05) is 0 Å². The van der Waals surface area contributed by atoms with Crippen molar-refractivity contribution < 1.29 is 0 Å². The standard InChI is InChI=1S/C11H15N5S/c1-7-14-10(12)5-11(15-7)13-4-3-9-6-17-8(2)16-9/h5-6H,3-4H2,1-2H3,(H3,12,13,14,15). The first-order chi connectivity index (χ1) is 8.13. The summed E-state index contributed by atoms with van der Waals surface area (Å²) in [6.45, 7) is 4.63. The number of nitrogen functional groups attached to an aromatic ring is 1. The van der Waals surface area contributed by atoms with Gasteiger partial charge in [-0.25, -0.2) is 15.0 Å². The molecule has 17 heavy (non-hydrogen) atoms. The van der Waals surface area contributed by atoms with Gasteiger partial charge in [-0.3, -0.25) is 0 Å². The molecule has 0 aromatic carbocycles. The number of rotatable bonds is 4. The van der Waals surface area contributed by atoms with Crippen molar-refractivity contribution in [3.8, 4) is 0 Å². The second kappa shape index (κ2) is 5.09. The van der Waals surface area contributed by atoms with E-state index >= 15 is 0 Å². The van der Waals surface area contributed by atoms with Gasteiger partial charge < -0.3 is 11.1 Å². The quantitative estimate of drug-likeness (QED) is 0.863. The summed E-state index contributed by atoms with van der Waals surface area (Å²) < 4.78 is 0. The Bertz CT molecular complexity index is 488. The molecular formula is C11H15N5S. The SMILES string of the molecule is Cc1nc(N)cc(NCCc2csc(C)n2)n1. The van der Waals surface area contributed by atoms with E-state index in [2.05, 4.69) is 25.6 Å². The molecule has 5 nitrogen and oxygen atoms in total. The molecule has 2 rings (SSSR count). The summed E-state index contributed by atoms with van der Waals surface area (Å²) in [5.74, 6) is 1.93. The Balaban J connectivity index is 1.89.